The second kappa shape index (κ2) is 9.13. The maximum absolute atomic E-state index is 13.2. The molecule has 7 heteroatoms. The smallest absolute Gasteiger partial charge is 0.229 e. The van der Waals surface area contributed by atoms with Gasteiger partial charge in [-0.3, -0.25) is 0 Å². The van der Waals surface area contributed by atoms with Crippen LogP contribution in [0.15, 0.2) is 60.7 Å². The molecule has 0 aromatic heterocycles. The maximum atomic E-state index is 13.2. The SMILES string of the molecule is OC[C@H]1OC(Oc2cc3ccccc3cc2/C=C/c2ccc(F)cc2)[C@H](O)[C@@H](O)[C@@H]1O. The topological polar surface area (TPSA) is 99.4 Å². The number of benzene rings is 3. The molecule has 3 aromatic carbocycles. The lowest BCUT2D eigenvalue weighted by atomic mass is 9.99. The van der Waals surface area contributed by atoms with E-state index in [0.29, 0.717) is 11.3 Å². The first kappa shape index (κ1) is 21.4. The molecule has 1 fully saturated rings. The predicted molar refractivity (Wildman–Crippen MR) is 114 cm³/mol. The molecule has 0 aliphatic carbocycles. The Kier molecular flexibility index (Phi) is 6.31. The van der Waals surface area contributed by atoms with Crippen LogP contribution in [0.1, 0.15) is 11.1 Å². The molecule has 3 aromatic rings. The number of fused-ring (bicyclic) bond motifs is 1. The van der Waals surface area contributed by atoms with Crippen molar-refractivity contribution in [3.63, 3.8) is 0 Å². The van der Waals surface area contributed by atoms with E-state index < -0.39 is 37.3 Å². The fraction of sp³-hybridized carbons (Fsp3) is 0.250. The third-order valence-electron chi connectivity index (χ3n) is 5.30. The highest BCUT2D eigenvalue weighted by atomic mass is 19.1. The number of rotatable bonds is 5. The van der Waals surface area contributed by atoms with E-state index in [1.54, 1.807) is 30.4 Å². The minimum atomic E-state index is -1.53. The zero-order valence-electron chi connectivity index (χ0n) is 16.5. The highest BCUT2D eigenvalue weighted by Gasteiger charge is 2.44. The summed E-state index contributed by atoms with van der Waals surface area (Å²) < 4.78 is 24.5. The molecule has 0 amide bonds. The van der Waals surface area contributed by atoms with Gasteiger partial charge in [0.15, 0.2) is 0 Å². The van der Waals surface area contributed by atoms with Crippen LogP contribution >= 0.6 is 0 Å². The first-order chi connectivity index (χ1) is 15.0. The number of aliphatic hydroxyl groups is 4. The zero-order valence-corrected chi connectivity index (χ0v) is 16.5. The molecule has 0 spiro atoms. The highest BCUT2D eigenvalue weighted by molar-refractivity contribution is 5.88. The first-order valence-corrected chi connectivity index (χ1v) is 9.90. The molecule has 1 aliphatic heterocycles. The molecule has 6 nitrogen and oxygen atoms in total. The van der Waals surface area contributed by atoms with E-state index in [9.17, 15) is 24.8 Å². The summed E-state index contributed by atoms with van der Waals surface area (Å²) in [5.74, 6) is 0.0517. The lowest BCUT2D eigenvalue weighted by Gasteiger charge is -2.39. The van der Waals surface area contributed by atoms with Gasteiger partial charge < -0.3 is 29.9 Å². The molecule has 31 heavy (non-hydrogen) atoms. The molecule has 0 radical (unpaired) electrons. The quantitative estimate of drug-likeness (QED) is 0.468. The van der Waals surface area contributed by atoms with Crippen LogP contribution in [-0.4, -0.2) is 57.7 Å². The Morgan fingerprint density at radius 2 is 1.55 bits per heavy atom. The number of halogens is 1. The largest absolute Gasteiger partial charge is 0.461 e. The Morgan fingerprint density at radius 3 is 2.23 bits per heavy atom. The van der Waals surface area contributed by atoms with Gasteiger partial charge in [-0.1, -0.05) is 48.6 Å². The number of hydrogen-bond acceptors (Lipinski definition) is 6. The molecule has 4 N–H and O–H groups in total. The van der Waals surface area contributed by atoms with Crippen molar-refractivity contribution in [2.75, 3.05) is 6.61 Å². The van der Waals surface area contributed by atoms with Crippen LogP contribution in [0.25, 0.3) is 22.9 Å². The molecule has 1 aliphatic rings. The van der Waals surface area contributed by atoms with Crippen LogP contribution < -0.4 is 4.74 Å². The van der Waals surface area contributed by atoms with Crippen LogP contribution in [-0.2, 0) is 4.74 Å². The van der Waals surface area contributed by atoms with Gasteiger partial charge in [0.2, 0.25) is 6.29 Å². The number of ether oxygens (including phenoxy) is 2. The van der Waals surface area contributed by atoms with Gasteiger partial charge in [-0.15, -0.1) is 0 Å². The molecule has 1 heterocycles. The van der Waals surface area contributed by atoms with Crippen LogP contribution in [0.3, 0.4) is 0 Å². The standard InChI is InChI=1S/C24H23FO6/c25-18-9-6-14(7-10-18)5-8-17-11-15-3-1-2-4-16(15)12-19(17)30-24-23(29)22(28)21(27)20(13-26)31-24/h1-12,20-24,26-29H,13H2/b8-5+/t20-,21-,22+,23-,24?/m1/s1. The summed E-state index contributed by atoms with van der Waals surface area (Å²) >= 11 is 0. The van der Waals surface area contributed by atoms with Crippen LogP contribution in [0, 0.1) is 5.82 Å². The lowest BCUT2D eigenvalue weighted by molar-refractivity contribution is -0.277. The normalized spacial score (nSPS) is 26.4. The van der Waals surface area contributed by atoms with E-state index in [1.165, 1.54) is 12.1 Å². The number of aliphatic hydroxyl groups excluding tert-OH is 4. The number of hydrogen-bond donors (Lipinski definition) is 4. The third kappa shape index (κ3) is 4.61. The van der Waals surface area contributed by atoms with Gasteiger partial charge in [0.05, 0.1) is 6.61 Å². The predicted octanol–water partition coefficient (Wildman–Crippen LogP) is 2.33. The fourth-order valence-corrected chi connectivity index (χ4v) is 3.52. The highest BCUT2D eigenvalue weighted by Crippen LogP contribution is 2.31. The van der Waals surface area contributed by atoms with Gasteiger partial charge in [0, 0.05) is 5.56 Å². The molecule has 162 valence electrons. The molecule has 1 unspecified atom stereocenters. The van der Waals surface area contributed by atoms with Crippen molar-refractivity contribution in [1.29, 1.82) is 0 Å². The Labute approximate surface area is 178 Å². The summed E-state index contributed by atoms with van der Waals surface area (Å²) in [5.41, 5.74) is 1.45. The Hall–Kier alpha value is -2.81. The Bertz CT molecular complexity index is 1070. The van der Waals surface area contributed by atoms with Gasteiger partial charge in [-0.2, -0.15) is 0 Å². The van der Waals surface area contributed by atoms with Crippen molar-refractivity contribution in [3.8, 4) is 5.75 Å². The van der Waals surface area contributed by atoms with E-state index in [2.05, 4.69) is 0 Å². The monoisotopic (exact) mass is 426 g/mol. The van der Waals surface area contributed by atoms with Gasteiger partial charge >= 0.3 is 0 Å². The molecule has 1 saturated heterocycles. The molecule has 0 saturated carbocycles. The van der Waals surface area contributed by atoms with E-state index >= 15 is 0 Å². The average Bonchev–Trinajstić information content (AvgIpc) is 2.79. The third-order valence-corrected chi connectivity index (χ3v) is 5.30. The summed E-state index contributed by atoms with van der Waals surface area (Å²) in [5, 5.41) is 41.6. The summed E-state index contributed by atoms with van der Waals surface area (Å²) in [6.45, 7) is -0.542. The Balaban J connectivity index is 1.68. The van der Waals surface area contributed by atoms with Crippen LogP contribution in [0.4, 0.5) is 4.39 Å². The van der Waals surface area contributed by atoms with Crippen molar-refractivity contribution in [1.82, 2.24) is 0 Å². The molecule has 4 rings (SSSR count). The minimum Gasteiger partial charge on any atom is -0.461 e. The molecule has 0 bridgehead atoms. The first-order valence-electron chi connectivity index (χ1n) is 9.90. The second-order valence-electron chi connectivity index (χ2n) is 7.44. The summed E-state index contributed by atoms with van der Waals surface area (Å²) in [7, 11) is 0. The van der Waals surface area contributed by atoms with Crippen molar-refractivity contribution in [2.24, 2.45) is 0 Å². The van der Waals surface area contributed by atoms with E-state index in [-0.39, 0.29) is 5.82 Å². The summed E-state index contributed by atoms with van der Waals surface area (Å²) in [4.78, 5) is 0. The lowest BCUT2D eigenvalue weighted by Crippen LogP contribution is -2.60. The van der Waals surface area contributed by atoms with Crippen LogP contribution in [0.5, 0.6) is 5.75 Å². The van der Waals surface area contributed by atoms with E-state index in [1.807, 2.05) is 30.3 Å². The van der Waals surface area contributed by atoms with Gasteiger partial charge in [0.25, 0.3) is 0 Å². The fourth-order valence-electron chi connectivity index (χ4n) is 3.52. The minimum absolute atomic E-state index is 0.325. The maximum Gasteiger partial charge on any atom is 0.229 e. The zero-order chi connectivity index (χ0) is 22.0. The van der Waals surface area contributed by atoms with Crippen molar-refractivity contribution < 1.29 is 34.3 Å². The van der Waals surface area contributed by atoms with Gasteiger partial charge in [-0.05, 0) is 40.6 Å². The van der Waals surface area contributed by atoms with Crippen molar-refractivity contribution in [2.45, 2.75) is 30.7 Å². The van der Waals surface area contributed by atoms with Crippen LogP contribution in [0.2, 0.25) is 0 Å². The molecular formula is C24H23FO6. The average molecular weight is 426 g/mol. The molecular weight excluding hydrogens is 403 g/mol. The van der Waals surface area contributed by atoms with E-state index in [0.717, 1.165) is 16.3 Å². The summed E-state index contributed by atoms with van der Waals surface area (Å²) in [6.07, 6.45) is -3.29. The van der Waals surface area contributed by atoms with Gasteiger partial charge in [-0.25, -0.2) is 4.39 Å². The molecule has 5 atom stereocenters. The van der Waals surface area contributed by atoms with Crippen molar-refractivity contribution >= 4 is 22.9 Å². The Morgan fingerprint density at radius 1 is 0.871 bits per heavy atom. The van der Waals surface area contributed by atoms with Crippen molar-refractivity contribution in [3.05, 3.63) is 77.6 Å². The summed E-state index contributed by atoms with van der Waals surface area (Å²) in [6, 6.07) is 17.3. The van der Waals surface area contributed by atoms with Gasteiger partial charge in [0.1, 0.15) is 36.0 Å². The van der Waals surface area contributed by atoms with E-state index in [4.69, 9.17) is 9.47 Å². The second-order valence-corrected chi connectivity index (χ2v) is 7.44.